The second-order valence-corrected chi connectivity index (χ2v) is 10.5. The number of benzene rings is 1. The van der Waals surface area contributed by atoms with E-state index in [0.717, 1.165) is 16.0 Å². The van der Waals surface area contributed by atoms with Crippen molar-refractivity contribution in [1.82, 2.24) is 24.9 Å². The summed E-state index contributed by atoms with van der Waals surface area (Å²) in [6.07, 6.45) is -3.22. The second-order valence-electron chi connectivity index (χ2n) is 9.62. The van der Waals surface area contributed by atoms with Gasteiger partial charge < -0.3 is 24.2 Å². The van der Waals surface area contributed by atoms with Gasteiger partial charge in [0.25, 0.3) is 11.4 Å². The van der Waals surface area contributed by atoms with Crippen LogP contribution in [-0.4, -0.2) is 64.0 Å². The first-order valence-corrected chi connectivity index (χ1v) is 13.6. The number of anilines is 2. The van der Waals surface area contributed by atoms with E-state index in [9.17, 15) is 22.8 Å². The van der Waals surface area contributed by atoms with E-state index in [1.165, 1.54) is 18.4 Å². The van der Waals surface area contributed by atoms with Gasteiger partial charge >= 0.3 is 6.18 Å². The highest BCUT2D eigenvalue weighted by molar-refractivity contribution is 7.13. The lowest BCUT2D eigenvalue weighted by atomic mass is 10.0. The first kappa shape index (κ1) is 29.2. The Bertz CT molecular complexity index is 1580. The number of alkyl halides is 3. The summed E-state index contributed by atoms with van der Waals surface area (Å²) in [7, 11) is 1.50. The molecule has 12 nitrogen and oxygen atoms in total. The van der Waals surface area contributed by atoms with Crippen LogP contribution < -0.4 is 20.5 Å². The lowest BCUT2D eigenvalue weighted by Crippen LogP contribution is -2.45. The van der Waals surface area contributed by atoms with E-state index >= 15 is 0 Å². The Morgan fingerprint density at radius 1 is 1.24 bits per heavy atom. The summed E-state index contributed by atoms with van der Waals surface area (Å²) in [5.74, 6) is 1.36. The molecule has 0 bridgehead atoms. The molecule has 16 heteroatoms. The minimum atomic E-state index is -4.90. The van der Waals surface area contributed by atoms with E-state index in [2.05, 4.69) is 25.5 Å². The lowest BCUT2D eigenvalue weighted by Gasteiger charge is -2.37. The molecule has 1 saturated heterocycles. The van der Waals surface area contributed by atoms with E-state index < -0.39 is 29.0 Å². The van der Waals surface area contributed by atoms with Gasteiger partial charge in [-0.1, -0.05) is 17.3 Å². The van der Waals surface area contributed by atoms with E-state index in [-0.39, 0.29) is 31.6 Å². The molecule has 1 N–H and O–H groups in total. The Morgan fingerprint density at radius 2 is 2.00 bits per heavy atom. The highest BCUT2D eigenvalue weighted by atomic mass is 32.1. The zero-order chi connectivity index (χ0) is 29.9. The van der Waals surface area contributed by atoms with E-state index in [1.54, 1.807) is 36.6 Å². The molecule has 1 fully saturated rings. The van der Waals surface area contributed by atoms with E-state index in [4.69, 9.17) is 14.0 Å². The first-order valence-electron chi connectivity index (χ1n) is 12.8. The van der Waals surface area contributed by atoms with Crippen LogP contribution in [0.25, 0.3) is 0 Å². The van der Waals surface area contributed by atoms with Gasteiger partial charge in [-0.15, -0.1) is 11.3 Å². The molecule has 5 rings (SSSR count). The maximum absolute atomic E-state index is 13.9. The van der Waals surface area contributed by atoms with Crippen molar-refractivity contribution in [3.63, 3.8) is 0 Å². The molecule has 1 aliphatic heterocycles. The number of nitrogens with zero attached hydrogens (tertiary/aromatic N) is 6. The number of aromatic nitrogens is 5. The quantitative estimate of drug-likeness (QED) is 0.237. The molecule has 0 amide bonds. The van der Waals surface area contributed by atoms with Gasteiger partial charge in [0.1, 0.15) is 23.6 Å². The molecule has 4 heterocycles. The predicted octanol–water partition coefficient (Wildman–Crippen LogP) is 3.59. The number of carbonyl (C=O) groups is 1. The van der Waals surface area contributed by atoms with Crippen LogP contribution in [0.5, 0.6) is 5.75 Å². The molecule has 3 aromatic heterocycles. The van der Waals surface area contributed by atoms with Crippen LogP contribution in [0.3, 0.4) is 0 Å². The van der Waals surface area contributed by atoms with Crippen molar-refractivity contribution < 1.29 is 32.0 Å². The van der Waals surface area contributed by atoms with Crippen molar-refractivity contribution in [2.75, 3.05) is 37.0 Å². The Morgan fingerprint density at radius 3 is 2.67 bits per heavy atom. The Kier molecular flexibility index (Phi) is 8.54. The largest absolute Gasteiger partial charge is 0.497 e. The van der Waals surface area contributed by atoms with Gasteiger partial charge in [-0.25, -0.2) is 9.67 Å². The van der Waals surface area contributed by atoms with Gasteiger partial charge in [-0.05, 0) is 24.6 Å². The van der Waals surface area contributed by atoms with Gasteiger partial charge in [-0.2, -0.15) is 23.3 Å². The van der Waals surface area contributed by atoms with Gasteiger partial charge in [0.05, 0.1) is 38.1 Å². The van der Waals surface area contributed by atoms with E-state index in [1.807, 2.05) is 4.90 Å². The Labute approximate surface area is 241 Å². The predicted molar refractivity (Wildman–Crippen MR) is 145 cm³/mol. The highest BCUT2D eigenvalue weighted by Gasteiger charge is 2.38. The maximum Gasteiger partial charge on any atom is 0.423 e. The minimum Gasteiger partial charge on any atom is -0.497 e. The molecule has 1 aliphatic rings. The number of nitrogens with one attached hydrogen (secondary N) is 1. The van der Waals surface area contributed by atoms with Gasteiger partial charge in [0.15, 0.2) is 17.2 Å². The molecular formula is C26H26F3N7O5S. The molecule has 0 aliphatic carbocycles. The van der Waals surface area contributed by atoms with Crippen molar-refractivity contribution in [3.8, 4) is 5.75 Å². The van der Waals surface area contributed by atoms with E-state index in [0.29, 0.717) is 42.2 Å². The number of hydrogen-bond donors (Lipinski definition) is 1. The number of thiazole rings is 1. The molecule has 1 unspecified atom stereocenters. The van der Waals surface area contributed by atoms with Crippen molar-refractivity contribution >= 4 is 28.4 Å². The summed E-state index contributed by atoms with van der Waals surface area (Å²) in [6, 6.07) is 5.98. The third kappa shape index (κ3) is 6.60. The third-order valence-corrected chi connectivity index (χ3v) is 7.37. The maximum atomic E-state index is 13.9. The fourth-order valence-electron chi connectivity index (χ4n) is 4.28. The summed E-state index contributed by atoms with van der Waals surface area (Å²) in [4.78, 5) is 34.2. The summed E-state index contributed by atoms with van der Waals surface area (Å²) in [6.45, 7) is 2.67. The monoisotopic (exact) mass is 605 g/mol. The van der Waals surface area contributed by atoms with Gasteiger partial charge in [0, 0.05) is 24.5 Å². The molecule has 1 aromatic carbocycles. The summed E-state index contributed by atoms with van der Waals surface area (Å²) >= 11 is 1.38. The average Bonchev–Trinajstić information content (AvgIpc) is 3.59. The average molecular weight is 606 g/mol. The molecule has 222 valence electrons. The normalized spacial score (nSPS) is 14.5. The number of carbonyl (C=O) groups excluding carboxylic acids is 1. The van der Waals surface area contributed by atoms with Crippen molar-refractivity contribution in [2.24, 2.45) is 0 Å². The zero-order valence-corrected chi connectivity index (χ0v) is 23.3. The smallest absolute Gasteiger partial charge is 0.423 e. The number of ether oxygens (including phenoxy) is 2. The molecule has 4 aromatic rings. The fraction of sp³-hybridized carbons (Fsp3) is 0.385. The van der Waals surface area contributed by atoms with Crippen LogP contribution in [0.2, 0.25) is 0 Å². The van der Waals surface area contributed by atoms with Crippen LogP contribution in [0, 0.1) is 0 Å². The molecule has 0 spiro atoms. The van der Waals surface area contributed by atoms with Crippen molar-refractivity contribution in [2.45, 2.75) is 38.2 Å². The molecule has 1 atom stereocenters. The van der Waals surface area contributed by atoms with Crippen LogP contribution in [0.4, 0.5) is 24.0 Å². The minimum absolute atomic E-state index is 0.00966. The Hall–Kier alpha value is -4.31. The second kappa shape index (κ2) is 12.3. The number of hydrogen-bond acceptors (Lipinski definition) is 12. The number of aldehydes is 1. The number of rotatable bonds is 12. The van der Waals surface area contributed by atoms with Crippen LogP contribution >= 0.6 is 11.3 Å². The number of halogens is 3. The summed E-state index contributed by atoms with van der Waals surface area (Å²) in [5.41, 5.74) is -2.06. The zero-order valence-electron chi connectivity index (χ0n) is 22.5. The lowest BCUT2D eigenvalue weighted by molar-refractivity contribution is -0.138. The standard InChI is InChI=1S/C26H26F3N7O5S/c1-15(12-40-13-21-33-23(34-41-21)17-9-35(10-17)25-32-18(11-37)14-42-25)31-20-7-30-36(24(38)22(20)26(27,28)29)8-16-3-5-19(39-2)6-4-16/h3-7,11,14-15,17,31H,8-10,12-13H2,1-2H3. The molecule has 42 heavy (non-hydrogen) atoms. The molecule has 0 saturated carbocycles. The fourth-order valence-corrected chi connectivity index (χ4v) is 5.08. The van der Waals surface area contributed by atoms with Crippen molar-refractivity contribution in [3.05, 3.63) is 74.7 Å². The SMILES string of the molecule is COc1ccc(Cn2ncc(NC(C)COCc3nc(C4CN(c5nc(C=O)cs5)C4)no3)c(C(F)(F)F)c2=O)cc1. The van der Waals surface area contributed by atoms with Crippen LogP contribution in [0.1, 0.15) is 46.2 Å². The number of methoxy groups -OCH3 is 1. The topological polar surface area (TPSA) is 138 Å². The molecule has 0 radical (unpaired) electrons. The Balaban J connectivity index is 1.15. The highest BCUT2D eigenvalue weighted by Crippen LogP contribution is 2.33. The van der Waals surface area contributed by atoms with Crippen molar-refractivity contribution in [1.29, 1.82) is 0 Å². The summed E-state index contributed by atoms with van der Waals surface area (Å²) in [5, 5.41) is 13.1. The van der Waals surface area contributed by atoms with Gasteiger partial charge in [0.2, 0.25) is 0 Å². The third-order valence-electron chi connectivity index (χ3n) is 6.45. The molecular weight excluding hydrogens is 579 g/mol. The van der Waals surface area contributed by atoms with Crippen LogP contribution in [0.15, 0.2) is 45.2 Å². The summed E-state index contributed by atoms with van der Waals surface area (Å²) < 4.78 is 58.4. The first-order chi connectivity index (χ1) is 20.1. The van der Waals surface area contributed by atoms with Gasteiger partial charge in [-0.3, -0.25) is 9.59 Å². The van der Waals surface area contributed by atoms with Crippen LogP contribution in [-0.2, 0) is 24.1 Å².